The summed E-state index contributed by atoms with van der Waals surface area (Å²) < 4.78 is 23.7. The van der Waals surface area contributed by atoms with E-state index >= 15 is 0 Å². The minimum atomic E-state index is -3.42. The third-order valence-electron chi connectivity index (χ3n) is 2.83. The van der Waals surface area contributed by atoms with E-state index in [2.05, 4.69) is 27.5 Å². The van der Waals surface area contributed by atoms with Crippen LogP contribution < -0.4 is 15.8 Å². The van der Waals surface area contributed by atoms with Crippen LogP contribution in [0.5, 0.6) is 0 Å². The minimum Gasteiger partial charge on any atom is -0.369 e. The van der Waals surface area contributed by atoms with Crippen molar-refractivity contribution >= 4 is 27.3 Å². The molecule has 0 bridgehead atoms. The molecule has 2 aromatic rings. The first-order chi connectivity index (χ1) is 9.99. The van der Waals surface area contributed by atoms with Crippen molar-refractivity contribution in [2.24, 2.45) is 5.14 Å². The highest BCUT2D eigenvalue weighted by Crippen LogP contribution is 2.16. The number of hydrogen-bond acceptors (Lipinski definition) is 6. The average Bonchev–Trinajstić information content (AvgIpc) is 2.88. The van der Waals surface area contributed by atoms with Gasteiger partial charge in [-0.2, -0.15) is 0 Å². The van der Waals surface area contributed by atoms with Crippen molar-refractivity contribution in [1.29, 1.82) is 0 Å². The zero-order valence-electron chi connectivity index (χ0n) is 11.9. The molecule has 0 saturated carbocycles. The van der Waals surface area contributed by atoms with Crippen molar-refractivity contribution < 1.29 is 8.42 Å². The molecule has 0 fully saturated rings. The van der Waals surface area contributed by atoms with Crippen molar-refractivity contribution in [3.8, 4) is 0 Å². The summed E-state index contributed by atoms with van der Waals surface area (Å²) in [5.74, 6) is 1.31. The van der Waals surface area contributed by atoms with Gasteiger partial charge in [-0.15, -0.1) is 0 Å². The maximum absolute atomic E-state index is 10.9. The predicted octanol–water partition coefficient (Wildman–Crippen LogP) is 0.642. The topological polar surface area (TPSA) is 114 Å². The largest absolute Gasteiger partial charge is 0.369 e. The van der Waals surface area contributed by atoms with Crippen LogP contribution in [0, 0.1) is 0 Å². The molecule has 0 atom stereocenters. The van der Waals surface area contributed by atoms with Gasteiger partial charge in [-0.05, 0) is 12.8 Å². The van der Waals surface area contributed by atoms with Gasteiger partial charge in [0.2, 0.25) is 10.0 Å². The Morgan fingerprint density at radius 2 is 2.14 bits per heavy atom. The number of hydrogen-bond donors (Lipinski definition) is 3. The zero-order valence-corrected chi connectivity index (χ0v) is 12.7. The molecule has 0 saturated heterocycles. The fourth-order valence-corrected chi connectivity index (χ4v) is 2.42. The van der Waals surface area contributed by atoms with Crippen LogP contribution in [0.4, 0.5) is 11.6 Å². The summed E-state index contributed by atoms with van der Waals surface area (Å²) in [5.41, 5.74) is 0.702. The molecule has 21 heavy (non-hydrogen) atoms. The van der Waals surface area contributed by atoms with Gasteiger partial charge in [-0.25, -0.2) is 23.5 Å². The lowest BCUT2D eigenvalue weighted by Gasteiger charge is -2.10. The number of nitrogens with one attached hydrogen (secondary N) is 2. The van der Waals surface area contributed by atoms with Crippen LogP contribution in [0.2, 0.25) is 0 Å². The lowest BCUT2D eigenvalue weighted by Crippen LogP contribution is -2.19. The van der Waals surface area contributed by atoms with E-state index in [-0.39, 0.29) is 5.75 Å². The smallest absolute Gasteiger partial charge is 0.209 e. The molecule has 0 aliphatic carbocycles. The van der Waals surface area contributed by atoms with Crippen molar-refractivity contribution in [2.75, 3.05) is 29.5 Å². The summed E-state index contributed by atoms with van der Waals surface area (Å²) in [6, 6.07) is 0. The summed E-state index contributed by atoms with van der Waals surface area (Å²) in [4.78, 5) is 8.69. The summed E-state index contributed by atoms with van der Waals surface area (Å²) in [6.45, 7) is 3.37. The van der Waals surface area contributed by atoms with Crippen LogP contribution in [0.1, 0.15) is 19.8 Å². The van der Waals surface area contributed by atoms with Gasteiger partial charge in [-0.1, -0.05) is 6.92 Å². The van der Waals surface area contributed by atoms with Crippen molar-refractivity contribution in [2.45, 2.75) is 19.8 Å². The molecule has 0 aliphatic heterocycles. The number of aromatic nitrogens is 3. The fourth-order valence-electron chi connectivity index (χ4n) is 1.87. The lowest BCUT2D eigenvalue weighted by molar-refractivity contribution is 0.596. The quantitative estimate of drug-likeness (QED) is 0.616. The van der Waals surface area contributed by atoms with Crippen LogP contribution in [0.15, 0.2) is 18.6 Å². The molecule has 0 aromatic carbocycles. The number of nitrogens with zero attached hydrogens (tertiary/aromatic N) is 3. The number of sulfonamides is 1. The molecular formula is C12H20N6O2S. The highest BCUT2D eigenvalue weighted by Gasteiger charge is 2.08. The zero-order chi connectivity index (χ0) is 15.3. The van der Waals surface area contributed by atoms with Crippen LogP contribution in [0.3, 0.4) is 0 Å². The predicted molar refractivity (Wildman–Crippen MR) is 82.8 cm³/mol. The average molecular weight is 312 g/mol. The van der Waals surface area contributed by atoms with Gasteiger partial charge in [0.25, 0.3) is 0 Å². The van der Waals surface area contributed by atoms with Gasteiger partial charge in [0.1, 0.15) is 5.82 Å². The maximum Gasteiger partial charge on any atom is 0.209 e. The van der Waals surface area contributed by atoms with Gasteiger partial charge >= 0.3 is 0 Å². The van der Waals surface area contributed by atoms with Gasteiger partial charge in [-0.3, -0.25) is 0 Å². The van der Waals surface area contributed by atoms with E-state index in [9.17, 15) is 8.42 Å². The standard InChI is InChI=1S/C12H20N6O2S/c1-2-4-14-10-9-18-7-6-16-12(18)11(17-10)15-5-3-8-21(13,19)20/h6-7,9,14H,2-5,8H2,1H3,(H,15,17)(H2,13,19,20). The van der Waals surface area contributed by atoms with Crippen LogP contribution >= 0.6 is 0 Å². The van der Waals surface area contributed by atoms with Crippen molar-refractivity contribution in [3.05, 3.63) is 18.6 Å². The van der Waals surface area contributed by atoms with Gasteiger partial charge in [0.15, 0.2) is 11.5 Å². The summed E-state index contributed by atoms with van der Waals surface area (Å²) >= 11 is 0. The van der Waals surface area contributed by atoms with E-state index in [1.807, 2.05) is 16.8 Å². The molecule has 0 unspecified atom stereocenters. The molecule has 4 N–H and O–H groups in total. The summed E-state index contributed by atoms with van der Waals surface area (Å²) in [6.07, 6.45) is 6.81. The first kappa shape index (κ1) is 15.5. The maximum atomic E-state index is 10.9. The first-order valence-corrected chi connectivity index (χ1v) is 8.53. The van der Waals surface area contributed by atoms with Crippen molar-refractivity contribution in [3.63, 3.8) is 0 Å². The number of nitrogens with two attached hydrogens (primary N) is 1. The number of anilines is 2. The first-order valence-electron chi connectivity index (χ1n) is 6.81. The molecule has 0 spiro atoms. The second-order valence-electron chi connectivity index (χ2n) is 4.71. The summed E-state index contributed by atoms with van der Waals surface area (Å²) in [5, 5.41) is 11.3. The normalized spacial score (nSPS) is 11.7. The third kappa shape index (κ3) is 4.57. The Bertz CT molecular complexity index is 697. The van der Waals surface area contributed by atoms with E-state index in [0.29, 0.717) is 24.4 Å². The Hall–Kier alpha value is -1.87. The molecule has 9 heteroatoms. The second-order valence-corrected chi connectivity index (χ2v) is 6.44. The molecule has 2 aromatic heterocycles. The third-order valence-corrected chi connectivity index (χ3v) is 3.69. The molecule has 116 valence electrons. The van der Waals surface area contributed by atoms with Gasteiger partial charge in [0, 0.05) is 25.5 Å². The van der Waals surface area contributed by atoms with E-state index in [1.54, 1.807) is 6.20 Å². The molecular weight excluding hydrogens is 292 g/mol. The molecule has 0 amide bonds. The lowest BCUT2D eigenvalue weighted by atomic mass is 10.4. The monoisotopic (exact) mass is 312 g/mol. The number of fused-ring (bicyclic) bond motifs is 1. The molecule has 2 rings (SSSR count). The molecule has 8 nitrogen and oxygen atoms in total. The van der Waals surface area contributed by atoms with Crippen LogP contribution in [-0.2, 0) is 10.0 Å². The summed E-state index contributed by atoms with van der Waals surface area (Å²) in [7, 11) is -3.42. The van der Waals surface area contributed by atoms with Crippen LogP contribution in [0.25, 0.3) is 5.65 Å². The van der Waals surface area contributed by atoms with Gasteiger partial charge < -0.3 is 15.0 Å². The second kappa shape index (κ2) is 6.72. The Morgan fingerprint density at radius 1 is 1.33 bits per heavy atom. The molecule has 0 radical (unpaired) electrons. The SMILES string of the molecule is CCCNc1cn2ccnc2c(NCCCS(N)(=O)=O)n1. The minimum absolute atomic E-state index is 0.0570. The Morgan fingerprint density at radius 3 is 2.86 bits per heavy atom. The van der Waals surface area contributed by atoms with Crippen LogP contribution in [-0.4, -0.2) is 41.6 Å². The Kier molecular flexibility index (Phi) is 4.97. The van der Waals surface area contributed by atoms with E-state index < -0.39 is 10.0 Å². The number of primary sulfonamides is 1. The Labute approximate surface area is 123 Å². The van der Waals surface area contributed by atoms with Gasteiger partial charge in [0.05, 0.1) is 11.9 Å². The fraction of sp³-hybridized carbons (Fsp3) is 0.500. The highest BCUT2D eigenvalue weighted by atomic mass is 32.2. The van der Waals surface area contributed by atoms with E-state index in [4.69, 9.17) is 5.14 Å². The Balaban J connectivity index is 2.08. The van der Waals surface area contributed by atoms with Crippen molar-refractivity contribution in [1.82, 2.24) is 14.4 Å². The van der Waals surface area contributed by atoms with E-state index in [0.717, 1.165) is 18.8 Å². The molecule has 2 heterocycles. The highest BCUT2D eigenvalue weighted by molar-refractivity contribution is 7.89. The number of rotatable bonds is 8. The number of imidazole rings is 1. The molecule has 0 aliphatic rings. The van der Waals surface area contributed by atoms with E-state index in [1.165, 1.54) is 0 Å².